The van der Waals surface area contributed by atoms with Gasteiger partial charge >= 0.3 is 29.6 Å². The van der Waals surface area contributed by atoms with E-state index in [0.29, 0.717) is 10.9 Å². The monoisotopic (exact) mass is 246 g/mol. The summed E-state index contributed by atoms with van der Waals surface area (Å²) in [5.41, 5.74) is 1.36. The van der Waals surface area contributed by atoms with E-state index in [9.17, 15) is 8.42 Å². The molecule has 0 amide bonds. The van der Waals surface area contributed by atoms with E-state index in [1.807, 2.05) is 6.92 Å². The van der Waals surface area contributed by atoms with E-state index in [2.05, 4.69) is 4.98 Å². The molecule has 16 heavy (non-hydrogen) atoms. The summed E-state index contributed by atoms with van der Waals surface area (Å²) in [7, 11) is -4.18. The quantitative estimate of drug-likeness (QED) is 0.506. The molecule has 0 unspecified atom stereocenters. The largest absolute Gasteiger partial charge is 1.00 e. The van der Waals surface area contributed by atoms with Crippen LogP contribution < -0.4 is 29.6 Å². The van der Waals surface area contributed by atoms with Crippen molar-refractivity contribution < 1.29 is 42.5 Å². The Morgan fingerprint density at radius 1 is 1.19 bits per heavy atom. The fraction of sp³-hybridized carbons (Fsp3) is 0.100. The molecule has 0 aliphatic rings. The molecule has 1 heterocycles. The number of benzene rings is 1. The van der Waals surface area contributed by atoms with Gasteiger partial charge in [0.2, 0.25) is 0 Å². The zero-order chi connectivity index (χ0) is 11.1. The number of aromatic nitrogens is 1. The molecule has 0 atom stereocenters. The number of fused-ring (bicyclic) bond motifs is 1. The molecule has 0 saturated heterocycles. The van der Waals surface area contributed by atoms with Crippen LogP contribution in [-0.4, -0.2) is 18.0 Å². The van der Waals surface area contributed by atoms with E-state index in [-0.39, 0.29) is 34.5 Å². The van der Waals surface area contributed by atoms with Crippen LogP contribution >= 0.6 is 0 Å². The SMILES string of the molecule is Cc1ccc2c(S(=O)(=O)O)cccc2n1.[Na+]. The van der Waals surface area contributed by atoms with Gasteiger partial charge in [-0.3, -0.25) is 9.54 Å². The molecule has 2 aromatic rings. The second-order valence-corrected chi connectivity index (χ2v) is 4.64. The van der Waals surface area contributed by atoms with Crippen molar-refractivity contribution in [1.82, 2.24) is 4.98 Å². The van der Waals surface area contributed by atoms with Gasteiger partial charge in [-0.05, 0) is 31.2 Å². The summed E-state index contributed by atoms with van der Waals surface area (Å²) in [6.07, 6.45) is 0. The van der Waals surface area contributed by atoms with Gasteiger partial charge in [-0.15, -0.1) is 0 Å². The van der Waals surface area contributed by atoms with Crippen LogP contribution in [0, 0.1) is 6.92 Å². The molecule has 2 rings (SSSR count). The van der Waals surface area contributed by atoms with Gasteiger partial charge in [-0.1, -0.05) is 6.07 Å². The normalized spacial score (nSPS) is 11.1. The minimum Gasteiger partial charge on any atom is -0.282 e. The van der Waals surface area contributed by atoms with Gasteiger partial charge in [0.05, 0.1) is 5.52 Å². The predicted molar refractivity (Wildman–Crippen MR) is 56.3 cm³/mol. The number of aryl methyl sites for hydroxylation is 1. The van der Waals surface area contributed by atoms with Crippen molar-refractivity contribution in [2.24, 2.45) is 0 Å². The molecule has 6 heteroatoms. The molecule has 1 N–H and O–H groups in total. The van der Waals surface area contributed by atoms with Crippen LogP contribution in [0.15, 0.2) is 35.2 Å². The molecule has 0 radical (unpaired) electrons. The van der Waals surface area contributed by atoms with Crippen molar-refractivity contribution in [3.05, 3.63) is 36.0 Å². The zero-order valence-electron chi connectivity index (χ0n) is 9.01. The molecule has 0 saturated carbocycles. The molecule has 0 aliphatic carbocycles. The first-order valence-corrected chi connectivity index (χ1v) is 5.76. The van der Waals surface area contributed by atoms with Crippen LogP contribution in [-0.2, 0) is 10.1 Å². The number of hydrogen-bond donors (Lipinski definition) is 1. The Balaban J connectivity index is 0.00000128. The van der Waals surface area contributed by atoms with Crippen LogP contribution in [0.3, 0.4) is 0 Å². The Bertz CT molecular complexity index is 625. The number of pyridine rings is 1. The van der Waals surface area contributed by atoms with Crippen molar-refractivity contribution in [1.29, 1.82) is 0 Å². The average molecular weight is 246 g/mol. The van der Waals surface area contributed by atoms with Crippen LogP contribution in [0.4, 0.5) is 0 Å². The third-order valence-corrected chi connectivity index (χ3v) is 3.02. The van der Waals surface area contributed by atoms with E-state index in [1.54, 1.807) is 24.3 Å². The van der Waals surface area contributed by atoms with Crippen LogP contribution in [0.1, 0.15) is 5.69 Å². The van der Waals surface area contributed by atoms with E-state index in [4.69, 9.17) is 4.55 Å². The second-order valence-electron chi connectivity index (χ2n) is 3.25. The first kappa shape index (κ1) is 13.6. The molecule has 78 valence electrons. The third-order valence-electron chi connectivity index (χ3n) is 2.11. The standard InChI is InChI=1S/C10H9NO3S.Na/c1-7-5-6-8-9(11-7)3-2-4-10(8)15(12,13)14;/h2-6H,1H3,(H,12,13,14);/q;+1. The predicted octanol–water partition coefficient (Wildman–Crippen LogP) is -1.21. The van der Waals surface area contributed by atoms with Gasteiger partial charge < -0.3 is 0 Å². The Morgan fingerprint density at radius 3 is 2.50 bits per heavy atom. The Kier molecular flexibility index (Phi) is 4.09. The summed E-state index contributed by atoms with van der Waals surface area (Å²) in [4.78, 5) is 4.07. The summed E-state index contributed by atoms with van der Waals surface area (Å²) < 4.78 is 31.1. The summed E-state index contributed by atoms with van der Waals surface area (Å²) in [5.74, 6) is 0. The fourth-order valence-corrected chi connectivity index (χ4v) is 2.15. The first-order valence-electron chi connectivity index (χ1n) is 4.32. The maximum atomic E-state index is 11.1. The number of rotatable bonds is 1. The Morgan fingerprint density at radius 2 is 1.88 bits per heavy atom. The van der Waals surface area contributed by atoms with Crippen molar-refractivity contribution in [3.8, 4) is 0 Å². The van der Waals surface area contributed by atoms with E-state index in [0.717, 1.165) is 5.69 Å². The maximum Gasteiger partial charge on any atom is 1.00 e. The Labute approximate surface area is 116 Å². The van der Waals surface area contributed by atoms with E-state index >= 15 is 0 Å². The first-order chi connectivity index (χ1) is 6.98. The van der Waals surface area contributed by atoms with Gasteiger partial charge in [-0.2, -0.15) is 8.42 Å². The van der Waals surface area contributed by atoms with Crippen LogP contribution in [0.5, 0.6) is 0 Å². The maximum absolute atomic E-state index is 11.1. The van der Waals surface area contributed by atoms with Gasteiger partial charge in [0.25, 0.3) is 10.1 Å². The van der Waals surface area contributed by atoms with Gasteiger partial charge in [-0.25, -0.2) is 0 Å². The van der Waals surface area contributed by atoms with Crippen molar-refractivity contribution in [2.45, 2.75) is 11.8 Å². The van der Waals surface area contributed by atoms with Crippen molar-refractivity contribution in [2.75, 3.05) is 0 Å². The number of hydrogen-bond acceptors (Lipinski definition) is 3. The third kappa shape index (κ3) is 2.61. The van der Waals surface area contributed by atoms with E-state index in [1.165, 1.54) is 6.07 Å². The summed E-state index contributed by atoms with van der Waals surface area (Å²) >= 11 is 0. The van der Waals surface area contributed by atoms with Gasteiger partial charge in [0.15, 0.2) is 0 Å². The Hall–Kier alpha value is -0.460. The van der Waals surface area contributed by atoms with Crippen LogP contribution in [0.2, 0.25) is 0 Å². The topological polar surface area (TPSA) is 67.3 Å². The molecule has 0 fully saturated rings. The molecule has 0 bridgehead atoms. The second kappa shape index (κ2) is 4.81. The molecule has 1 aromatic heterocycles. The number of nitrogens with zero attached hydrogens (tertiary/aromatic N) is 1. The average Bonchev–Trinajstić information content (AvgIpc) is 2.15. The molecule has 0 aliphatic heterocycles. The molecule has 1 aromatic carbocycles. The smallest absolute Gasteiger partial charge is 0.282 e. The van der Waals surface area contributed by atoms with E-state index < -0.39 is 10.1 Å². The van der Waals surface area contributed by atoms with Crippen LogP contribution in [0.25, 0.3) is 10.9 Å². The molecule has 4 nitrogen and oxygen atoms in total. The molecular formula is C10H9NNaO3S+. The van der Waals surface area contributed by atoms with Crippen molar-refractivity contribution in [3.63, 3.8) is 0 Å². The molecule has 0 spiro atoms. The summed E-state index contributed by atoms with van der Waals surface area (Å²) in [5, 5.41) is 0.436. The zero-order valence-corrected chi connectivity index (χ0v) is 11.8. The van der Waals surface area contributed by atoms with Gasteiger partial charge in [0, 0.05) is 11.1 Å². The minimum absolute atomic E-state index is 0. The van der Waals surface area contributed by atoms with Gasteiger partial charge in [0.1, 0.15) is 4.90 Å². The van der Waals surface area contributed by atoms with Crippen molar-refractivity contribution >= 4 is 21.0 Å². The fourth-order valence-electron chi connectivity index (χ4n) is 1.45. The summed E-state index contributed by atoms with van der Waals surface area (Å²) in [6.45, 7) is 1.82. The summed E-state index contributed by atoms with van der Waals surface area (Å²) in [6, 6.07) is 7.96. The minimum atomic E-state index is -4.18. The molecular weight excluding hydrogens is 237 g/mol.